The minimum Gasteiger partial charge on any atom is -0.388 e. The van der Waals surface area contributed by atoms with E-state index in [0.717, 1.165) is 10.9 Å². The lowest BCUT2D eigenvalue weighted by molar-refractivity contribution is 0.0368. The zero-order chi connectivity index (χ0) is 14.8. The van der Waals surface area contributed by atoms with Gasteiger partial charge in [-0.3, -0.25) is 4.79 Å². The van der Waals surface area contributed by atoms with Gasteiger partial charge in [-0.1, -0.05) is 19.9 Å². The number of rotatable bonds is 5. The molecule has 20 heavy (non-hydrogen) atoms. The molecule has 2 rings (SSSR count). The van der Waals surface area contributed by atoms with Crippen LogP contribution in [0.3, 0.4) is 0 Å². The van der Waals surface area contributed by atoms with Crippen LogP contribution < -0.4 is 5.32 Å². The first-order valence-corrected chi connectivity index (χ1v) is 6.95. The number of carbonyl (C=O) groups is 1. The number of aromatic amines is 1. The molecule has 0 aliphatic rings. The zero-order valence-corrected chi connectivity index (χ0v) is 12.2. The van der Waals surface area contributed by atoms with Crippen molar-refractivity contribution in [3.8, 4) is 0 Å². The summed E-state index contributed by atoms with van der Waals surface area (Å²) in [6.07, 6.45) is 2.50. The Morgan fingerprint density at radius 3 is 2.85 bits per heavy atom. The van der Waals surface area contributed by atoms with Crippen molar-refractivity contribution in [3.05, 3.63) is 36.0 Å². The minimum absolute atomic E-state index is 0.162. The van der Waals surface area contributed by atoms with E-state index in [2.05, 4.69) is 24.1 Å². The molecule has 0 fully saturated rings. The highest BCUT2D eigenvalue weighted by Gasteiger charge is 2.22. The Kier molecular flexibility index (Phi) is 4.14. The lowest BCUT2D eigenvalue weighted by atomic mass is 9.94. The van der Waals surface area contributed by atoms with E-state index in [1.165, 1.54) is 0 Å². The zero-order valence-electron chi connectivity index (χ0n) is 12.2. The first-order chi connectivity index (χ1) is 9.37. The van der Waals surface area contributed by atoms with Crippen molar-refractivity contribution in [2.45, 2.75) is 32.8 Å². The van der Waals surface area contributed by atoms with Crippen molar-refractivity contribution >= 4 is 16.8 Å². The maximum absolute atomic E-state index is 12.1. The number of aliphatic hydroxyl groups is 1. The molecule has 0 spiro atoms. The summed E-state index contributed by atoms with van der Waals surface area (Å²) >= 11 is 0. The molecular formula is C16H22N2O2. The van der Waals surface area contributed by atoms with Gasteiger partial charge in [0.15, 0.2) is 0 Å². The van der Waals surface area contributed by atoms with Crippen LogP contribution in [0.5, 0.6) is 0 Å². The van der Waals surface area contributed by atoms with Gasteiger partial charge in [-0.05, 0) is 42.8 Å². The Balaban J connectivity index is 2.01. The highest BCUT2D eigenvalue weighted by atomic mass is 16.3. The van der Waals surface area contributed by atoms with E-state index in [9.17, 15) is 9.90 Å². The van der Waals surface area contributed by atoms with Crippen LogP contribution in [0.2, 0.25) is 0 Å². The van der Waals surface area contributed by atoms with Crippen LogP contribution in [-0.4, -0.2) is 28.1 Å². The molecule has 0 saturated heterocycles. The van der Waals surface area contributed by atoms with Gasteiger partial charge in [-0.15, -0.1) is 0 Å². The minimum atomic E-state index is -0.875. The largest absolute Gasteiger partial charge is 0.388 e. The molecule has 1 amide bonds. The number of carbonyl (C=O) groups excluding carboxylic acids is 1. The normalized spacial score (nSPS) is 14.4. The third-order valence-electron chi connectivity index (χ3n) is 3.29. The summed E-state index contributed by atoms with van der Waals surface area (Å²) in [6, 6.07) is 7.49. The number of fused-ring (bicyclic) bond motifs is 1. The Bertz CT molecular complexity index is 599. The summed E-state index contributed by atoms with van der Waals surface area (Å²) in [5.41, 5.74) is 0.660. The standard InChI is InChI=1S/C16H22N2O2/c1-11(2)9-16(3,20)10-18-15(19)13-5-4-12-6-7-17-14(12)8-13/h4-8,11,17,20H,9-10H2,1-3H3,(H,18,19). The maximum Gasteiger partial charge on any atom is 0.251 e. The summed E-state index contributed by atoms with van der Waals surface area (Å²) in [6.45, 7) is 6.11. The Morgan fingerprint density at radius 1 is 1.40 bits per heavy atom. The van der Waals surface area contributed by atoms with Crippen LogP contribution in [0.4, 0.5) is 0 Å². The average Bonchev–Trinajstić information content (AvgIpc) is 2.81. The van der Waals surface area contributed by atoms with E-state index in [1.54, 1.807) is 13.0 Å². The number of hydrogen-bond acceptors (Lipinski definition) is 2. The molecule has 2 aromatic rings. The molecule has 4 nitrogen and oxygen atoms in total. The van der Waals surface area contributed by atoms with Crippen molar-refractivity contribution in [3.63, 3.8) is 0 Å². The van der Waals surface area contributed by atoms with Crippen molar-refractivity contribution in [2.75, 3.05) is 6.54 Å². The number of aromatic nitrogens is 1. The van der Waals surface area contributed by atoms with Gasteiger partial charge >= 0.3 is 0 Å². The van der Waals surface area contributed by atoms with Gasteiger partial charge in [-0.25, -0.2) is 0 Å². The molecule has 0 radical (unpaired) electrons. The third-order valence-corrected chi connectivity index (χ3v) is 3.29. The van der Waals surface area contributed by atoms with E-state index < -0.39 is 5.60 Å². The van der Waals surface area contributed by atoms with E-state index >= 15 is 0 Å². The molecular weight excluding hydrogens is 252 g/mol. The Morgan fingerprint density at radius 2 is 2.15 bits per heavy atom. The topological polar surface area (TPSA) is 65.1 Å². The van der Waals surface area contributed by atoms with Gasteiger partial charge in [0, 0.05) is 23.8 Å². The van der Waals surface area contributed by atoms with E-state index in [1.807, 2.05) is 24.4 Å². The summed E-state index contributed by atoms with van der Waals surface area (Å²) in [5.74, 6) is 0.225. The van der Waals surface area contributed by atoms with Gasteiger partial charge in [0.2, 0.25) is 0 Å². The number of nitrogens with one attached hydrogen (secondary N) is 2. The van der Waals surface area contributed by atoms with Crippen LogP contribution >= 0.6 is 0 Å². The van der Waals surface area contributed by atoms with E-state index in [4.69, 9.17) is 0 Å². The monoisotopic (exact) mass is 274 g/mol. The van der Waals surface area contributed by atoms with Crippen LogP contribution in [0.25, 0.3) is 10.9 Å². The average molecular weight is 274 g/mol. The smallest absolute Gasteiger partial charge is 0.251 e. The Labute approximate surface area is 119 Å². The van der Waals surface area contributed by atoms with Gasteiger partial charge in [-0.2, -0.15) is 0 Å². The number of benzene rings is 1. The van der Waals surface area contributed by atoms with Gasteiger partial charge in [0.25, 0.3) is 5.91 Å². The van der Waals surface area contributed by atoms with Crippen molar-refractivity contribution < 1.29 is 9.90 Å². The predicted molar refractivity (Wildman–Crippen MR) is 80.7 cm³/mol. The fourth-order valence-electron chi connectivity index (χ4n) is 2.51. The molecule has 3 N–H and O–H groups in total. The quantitative estimate of drug-likeness (QED) is 0.785. The molecule has 1 heterocycles. The van der Waals surface area contributed by atoms with E-state index in [0.29, 0.717) is 17.9 Å². The fourth-order valence-corrected chi connectivity index (χ4v) is 2.51. The number of amides is 1. The summed E-state index contributed by atoms with van der Waals surface area (Å²) in [5, 5.41) is 14.1. The summed E-state index contributed by atoms with van der Waals surface area (Å²) in [7, 11) is 0. The predicted octanol–water partition coefficient (Wildman–Crippen LogP) is 2.69. The van der Waals surface area contributed by atoms with E-state index in [-0.39, 0.29) is 12.5 Å². The fraction of sp³-hybridized carbons (Fsp3) is 0.438. The molecule has 4 heteroatoms. The van der Waals surface area contributed by atoms with Gasteiger partial charge in [0.1, 0.15) is 0 Å². The molecule has 0 bridgehead atoms. The van der Waals surface area contributed by atoms with Crippen molar-refractivity contribution in [1.82, 2.24) is 10.3 Å². The molecule has 0 saturated carbocycles. The van der Waals surface area contributed by atoms with Crippen molar-refractivity contribution in [2.24, 2.45) is 5.92 Å². The van der Waals surface area contributed by atoms with Crippen LogP contribution in [0, 0.1) is 5.92 Å². The maximum atomic E-state index is 12.1. The van der Waals surface area contributed by atoms with Crippen LogP contribution in [-0.2, 0) is 0 Å². The molecule has 0 aliphatic carbocycles. The van der Waals surface area contributed by atoms with Crippen molar-refractivity contribution in [1.29, 1.82) is 0 Å². The number of hydrogen-bond donors (Lipinski definition) is 3. The molecule has 1 unspecified atom stereocenters. The third kappa shape index (κ3) is 3.61. The first-order valence-electron chi connectivity index (χ1n) is 6.95. The molecule has 108 valence electrons. The van der Waals surface area contributed by atoms with Crippen LogP contribution in [0.15, 0.2) is 30.5 Å². The second-order valence-electron chi connectivity index (χ2n) is 6.06. The first kappa shape index (κ1) is 14.6. The van der Waals surface area contributed by atoms with Gasteiger partial charge in [0.05, 0.1) is 5.60 Å². The van der Waals surface area contributed by atoms with Gasteiger partial charge < -0.3 is 15.4 Å². The second kappa shape index (κ2) is 5.67. The molecule has 1 aromatic carbocycles. The molecule has 0 aliphatic heterocycles. The Hall–Kier alpha value is -1.81. The SMILES string of the molecule is CC(C)CC(C)(O)CNC(=O)c1ccc2cc[nH]c2c1. The summed E-state index contributed by atoms with van der Waals surface area (Å²) < 4.78 is 0. The molecule has 1 aromatic heterocycles. The van der Waals surface area contributed by atoms with Crippen LogP contribution in [0.1, 0.15) is 37.6 Å². The summed E-state index contributed by atoms with van der Waals surface area (Å²) in [4.78, 5) is 15.2. The number of H-pyrrole nitrogens is 1. The second-order valence-corrected chi connectivity index (χ2v) is 6.06. The lowest BCUT2D eigenvalue weighted by Gasteiger charge is -2.25. The highest BCUT2D eigenvalue weighted by Crippen LogP contribution is 2.16. The highest BCUT2D eigenvalue weighted by molar-refractivity contribution is 5.97. The molecule has 1 atom stereocenters. The lowest BCUT2D eigenvalue weighted by Crippen LogP contribution is -2.41.